The molecular formula is C69H120O6. The Kier molecular flexibility index (Phi) is 60.3. The van der Waals surface area contributed by atoms with E-state index in [1.54, 1.807) is 0 Å². The number of hydrogen-bond acceptors (Lipinski definition) is 6. The molecule has 0 aromatic heterocycles. The SMILES string of the molecule is CC/C=C\C/C=C\C/C=C\C/C=C\C/C=C\CCCCCCCC(=O)OCC(COC(=O)CCCCCCC/C=C\C/C=C\CCCCC)OC(=O)CCCCCCCCCCCCCCCCCCCCCCC. The van der Waals surface area contributed by atoms with Crippen molar-refractivity contribution in [3.63, 3.8) is 0 Å². The van der Waals surface area contributed by atoms with E-state index >= 15 is 0 Å². The van der Waals surface area contributed by atoms with Crippen LogP contribution >= 0.6 is 0 Å². The molecule has 432 valence electrons. The number of unbranched alkanes of at least 4 members (excludes halogenated alkanes) is 33. The van der Waals surface area contributed by atoms with E-state index in [2.05, 4.69) is 106 Å². The molecule has 0 heterocycles. The Bertz CT molecular complexity index is 1430. The van der Waals surface area contributed by atoms with E-state index in [4.69, 9.17) is 14.2 Å². The van der Waals surface area contributed by atoms with Crippen molar-refractivity contribution in [2.45, 2.75) is 322 Å². The zero-order chi connectivity index (χ0) is 54.3. The van der Waals surface area contributed by atoms with E-state index in [9.17, 15) is 14.4 Å². The van der Waals surface area contributed by atoms with Gasteiger partial charge in [0.1, 0.15) is 13.2 Å². The molecule has 0 saturated carbocycles. The molecule has 6 heteroatoms. The summed E-state index contributed by atoms with van der Waals surface area (Å²) < 4.78 is 16.9. The van der Waals surface area contributed by atoms with Crippen molar-refractivity contribution in [3.05, 3.63) is 85.1 Å². The molecule has 0 aliphatic carbocycles. The molecule has 0 aliphatic rings. The van der Waals surface area contributed by atoms with Crippen LogP contribution in [0, 0.1) is 0 Å². The summed E-state index contributed by atoms with van der Waals surface area (Å²) in [7, 11) is 0. The number of rotatable bonds is 58. The van der Waals surface area contributed by atoms with Crippen LogP contribution in [-0.2, 0) is 28.6 Å². The minimum Gasteiger partial charge on any atom is -0.462 e. The van der Waals surface area contributed by atoms with Crippen molar-refractivity contribution in [3.8, 4) is 0 Å². The van der Waals surface area contributed by atoms with Crippen LogP contribution < -0.4 is 0 Å². The summed E-state index contributed by atoms with van der Waals surface area (Å²) in [5.74, 6) is -0.905. The highest BCUT2D eigenvalue weighted by Gasteiger charge is 2.19. The first kappa shape index (κ1) is 71.6. The Balaban J connectivity index is 4.39. The Morgan fingerprint density at radius 3 is 0.840 bits per heavy atom. The number of esters is 3. The minimum atomic E-state index is -0.791. The van der Waals surface area contributed by atoms with Crippen molar-refractivity contribution >= 4 is 17.9 Å². The van der Waals surface area contributed by atoms with E-state index in [1.165, 1.54) is 148 Å². The standard InChI is InChI=1S/C69H120O6/c1-4-7-10-13-16-19-22-25-28-30-32-34-36-38-41-44-47-50-53-56-59-62-68(71)74-65-66(64-73-67(70)61-58-55-52-49-46-43-40-27-24-21-18-15-12-9-6-3)75-69(72)63-60-57-54-51-48-45-42-39-37-35-33-31-29-26-23-20-17-14-11-8-5-2/h7,10,16,18-19,21,25,27-28,32,34,38,40-41,66H,4-6,8-9,11-15,17,20,22-24,26,29-31,33,35-37,39,42-65H2,1-3H3/b10-7-,19-16-,21-18-,28-25-,34-32-,40-27-,41-38-. The molecule has 0 aromatic carbocycles. The molecule has 0 N–H and O–H groups in total. The van der Waals surface area contributed by atoms with Crippen LogP contribution in [0.1, 0.15) is 316 Å². The maximum absolute atomic E-state index is 12.9. The van der Waals surface area contributed by atoms with E-state index in [-0.39, 0.29) is 31.1 Å². The smallest absolute Gasteiger partial charge is 0.306 e. The molecule has 0 saturated heterocycles. The van der Waals surface area contributed by atoms with Crippen LogP contribution in [0.2, 0.25) is 0 Å². The average Bonchev–Trinajstić information content (AvgIpc) is 3.41. The molecule has 0 radical (unpaired) electrons. The van der Waals surface area contributed by atoms with Gasteiger partial charge in [-0.2, -0.15) is 0 Å². The van der Waals surface area contributed by atoms with Crippen LogP contribution in [0.25, 0.3) is 0 Å². The highest BCUT2D eigenvalue weighted by atomic mass is 16.6. The second-order valence-electron chi connectivity index (χ2n) is 21.3. The monoisotopic (exact) mass is 1040 g/mol. The first-order valence-corrected chi connectivity index (χ1v) is 32.1. The fourth-order valence-electron chi connectivity index (χ4n) is 9.09. The first-order chi connectivity index (χ1) is 37.0. The molecule has 75 heavy (non-hydrogen) atoms. The third-order valence-electron chi connectivity index (χ3n) is 13.9. The molecule has 0 aliphatic heterocycles. The topological polar surface area (TPSA) is 78.9 Å². The van der Waals surface area contributed by atoms with Gasteiger partial charge in [0.05, 0.1) is 0 Å². The molecule has 1 atom stereocenters. The number of allylic oxidation sites excluding steroid dienone is 14. The van der Waals surface area contributed by atoms with Crippen molar-refractivity contribution < 1.29 is 28.6 Å². The van der Waals surface area contributed by atoms with Gasteiger partial charge in [0.25, 0.3) is 0 Å². The van der Waals surface area contributed by atoms with Gasteiger partial charge in [0.2, 0.25) is 0 Å². The molecule has 0 amide bonds. The van der Waals surface area contributed by atoms with Gasteiger partial charge >= 0.3 is 17.9 Å². The second kappa shape index (κ2) is 63.1. The van der Waals surface area contributed by atoms with Crippen molar-refractivity contribution in [2.75, 3.05) is 13.2 Å². The second-order valence-corrected chi connectivity index (χ2v) is 21.3. The van der Waals surface area contributed by atoms with Crippen molar-refractivity contribution in [1.82, 2.24) is 0 Å². The Labute approximate surface area is 465 Å². The lowest BCUT2D eigenvalue weighted by atomic mass is 10.0. The molecule has 0 bridgehead atoms. The van der Waals surface area contributed by atoms with E-state index in [1.807, 2.05) is 0 Å². The predicted molar refractivity (Wildman–Crippen MR) is 325 cm³/mol. The molecule has 0 spiro atoms. The van der Waals surface area contributed by atoms with Gasteiger partial charge in [0.15, 0.2) is 6.10 Å². The van der Waals surface area contributed by atoms with E-state index in [0.29, 0.717) is 19.3 Å². The van der Waals surface area contributed by atoms with E-state index < -0.39 is 6.10 Å². The van der Waals surface area contributed by atoms with Crippen LogP contribution in [0.15, 0.2) is 85.1 Å². The lowest BCUT2D eigenvalue weighted by molar-refractivity contribution is -0.167. The average molecular weight is 1050 g/mol. The summed E-state index contributed by atoms with van der Waals surface area (Å²) in [6, 6.07) is 0. The van der Waals surface area contributed by atoms with Crippen LogP contribution in [0.3, 0.4) is 0 Å². The predicted octanol–water partition coefficient (Wildman–Crippen LogP) is 21.9. The third-order valence-corrected chi connectivity index (χ3v) is 13.9. The van der Waals surface area contributed by atoms with Gasteiger partial charge in [-0.15, -0.1) is 0 Å². The van der Waals surface area contributed by atoms with Gasteiger partial charge in [-0.1, -0.05) is 286 Å². The zero-order valence-corrected chi connectivity index (χ0v) is 49.6. The highest BCUT2D eigenvalue weighted by molar-refractivity contribution is 5.71. The molecule has 0 rings (SSSR count). The number of carbonyl (C=O) groups is 3. The molecule has 6 nitrogen and oxygen atoms in total. The molecule has 0 aromatic rings. The van der Waals surface area contributed by atoms with Crippen molar-refractivity contribution in [2.24, 2.45) is 0 Å². The van der Waals surface area contributed by atoms with Gasteiger partial charge in [0, 0.05) is 19.3 Å². The number of carbonyl (C=O) groups excluding carboxylic acids is 3. The quantitative estimate of drug-likeness (QED) is 0.0261. The Morgan fingerprint density at radius 2 is 0.520 bits per heavy atom. The summed E-state index contributed by atoms with van der Waals surface area (Å²) in [6.45, 7) is 6.51. The summed E-state index contributed by atoms with van der Waals surface area (Å²) in [6.07, 6.45) is 83.0. The van der Waals surface area contributed by atoms with E-state index in [0.717, 1.165) is 128 Å². The third kappa shape index (κ3) is 61.3. The van der Waals surface area contributed by atoms with Crippen LogP contribution in [0.5, 0.6) is 0 Å². The fourth-order valence-corrected chi connectivity index (χ4v) is 9.09. The van der Waals surface area contributed by atoms with Crippen molar-refractivity contribution in [1.29, 1.82) is 0 Å². The molecule has 0 fully saturated rings. The van der Waals surface area contributed by atoms with Crippen LogP contribution in [0.4, 0.5) is 0 Å². The first-order valence-electron chi connectivity index (χ1n) is 32.1. The largest absolute Gasteiger partial charge is 0.462 e. The summed E-state index contributed by atoms with van der Waals surface area (Å²) in [5, 5.41) is 0. The Hall–Kier alpha value is -3.41. The summed E-state index contributed by atoms with van der Waals surface area (Å²) >= 11 is 0. The molecule has 1 unspecified atom stereocenters. The van der Waals surface area contributed by atoms with Crippen LogP contribution in [-0.4, -0.2) is 37.2 Å². The van der Waals surface area contributed by atoms with Gasteiger partial charge in [-0.05, 0) is 96.3 Å². The maximum Gasteiger partial charge on any atom is 0.306 e. The highest BCUT2D eigenvalue weighted by Crippen LogP contribution is 2.17. The number of hydrogen-bond donors (Lipinski definition) is 0. The number of ether oxygens (including phenoxy) is 3. The summed E-state index contributed by atoms with van der Waals surface area (Å²) in [4.78, 5) is 38.3. The lowest BCUT2D eigenvalue weighted by Gasteiger charge is -2.18. The van der Waals surface area contributed by atoms with Gasteiger partial charge in [-0.3, -0.25) is 14.4 Å². The maximum atomic E-state index is 12.9. The Morgan fingerprint density at radius 1 is 0.280 bits per heavy atom. The normalized spacial score (nSPS) is 12.6. The van der Waals surface area contributed by atoms with Gasteiger partial charge < -0.3 is 14.2 Å². The minimum absolute atomic E-state index is 0.0880. The van der Waals surface area contributed by atoms with Gasteiger partial charge in [-0.25, -0.2) is 0 Å². The summed E-state index contributed by atoms with van der Waals surface area (Å²) in [5.41, 5.74) is 0. The molecular weight excluding hydrogens is 925 g/mol. The zero-order valence-electron chi connectivity index (χ0n) is 49.6. The lowest BCUT2D eigenvalue weighted by Crippen LogP contribution is -2.30. The fraction of sp³-hybridized carbons (Fsp3) is 0.754.